The summed E-state index contributed by atoms with van der Waals surface area (Å²) in [5.41, 5.74) is 4.62. The van der Waals surface area contributed by atoms with Gasteiger partial charge in [0.1, 0.15) is 5.69 Å². The molecule has 3 N–H and O–H groups in total. The van der Waals surface area contributed by atoms with Gasteiger partial charge in [0.2, 0.25) is 0 Å². The molecule has 1 saturated heterocycles. The minimum atomic E-state index is -0.180. The molecule has 1 fully saturated rings. The van der Waals surface area contributed by atoms with E-state index >= 15 is 0 Å². The number of carbonyl (C=O) groups excluding carboxylic acids is 1. The molecular weight excluding hydrogens is 380 g/mol. The molecule has 8 nitrogen and oxygen atoms in total. The Bertz CT molecular complexity index is 1100. The number of amides is 1. The molecule has 3 aromatic heterocycles. The SMILES string of the molecule is CCc1cc2ncc(NC3CCN(c4ccc(C(=O)NC)nc4)CC3)cc2[nH]c1=O. The number of carbonyl (C=O) groups is 1. The number of hydrogen-bond acceptors (Lipinski definition) is 6. The number of nitrogens with one attached hydrogen (secondary N) is 3. The van der Waals surface area contributed by atoms with Crippen LogP contribution in [0.4, 0.5) is 11.4 Å². The van der Waals surface area contributed by atoms with Gasteiger partial charge >= 0.3 is 0 Å². The lowest BCUT2D eigenvalue weighted by atomic mass is 10.0. The summed E-state index contributed by atoms with van der Waals surface area (Å²) in [5, 5.41) is 6.13. The van der Waals surface area contributed by atoms with Crippen LogP contribution in [0.1, 0.15) is 35.8 Å². The predicted molar refractivity (Wildman–Crippen MR) is 118 cm³/mol. The molecule has 156 valence electrons. The van der Waals surface area contributed by atoms with Gasteiger partial charge in [0.15, 0.2) is 0 Å². The van der Waals surface area contributed by atoms with Crippen LogP contribution in [-0.4, -0.2) is 47.0 Å². The van der Waals surface area contributed by atoms with Gasteiger partial charge < -0.3 is 20.5 Å². The Balaban J connectivity index is 1.38. The van der Waals surface area contributed by atoms with Crippen molar-refractivity contribution in [2.45, 2.75) is 32.2 Å². The molecule has 0 atom stereocenters. The number of nitrogens with zero attached hydrogens (tertiary/aromatic N) is 3. The van der Waals surface area contributed by atoms with E-state index in [1.54, 1.807) is 19.3 Å². The molecule has 0 unspecified atom stereocenters. The molecule has 1 aliphatic heterocycles. The number of aryl methyl sites for hydroxylation is 1. The fourth-order valence-corrected chi connectivity index (χ4v) is 3.82. The summed E-state index contributed by atoms with van der Waals surface area (Å²) >= 11 is 0. The number of H-pyrrole nitrogens is 1. The smallest absolute Gasteiger partial charge is 0.269 e. The fourth-order valence-electron chi connectivity index (χ4n) is 3.82. The third kappa shape index (κ3) is 4.12. The van der Waals surface area contributed by atoms with Gasteiger partial charge in [-0.1, -0.05) is 6.92 Å². The molecule has 0 aliphatic carbocycles. The first-order valence-corrected chi connectivity index (χ1v) is 10.3. The fraction of sp³-hybridized carbons (Fsp3) is 0.364. The third-order valence-electron chi connectivity index (χ3n) is 5.59. The van der Waals surface area contributed by atoms with Crippen LogP contribution in [-0.2, 0) is 6.42 Å². The topological polar surface area (TPSA) is 103 Å². The highest BCUT2D eigenvalue weighted by atomic mass is 16.1. The maximum atomic E-state index is 12.1. The van der Waals surface area contributed by atoms with Crippen molar-refractivity contribution in [2.75, 3.05) is 30.4 Å². The average molecular weight is 406 g/mol. The first-order valence-electron chi connectivity index (χ1n) is 10.3. The van der Waals surface area contributed by atoms with E-state index in [9.17, 15) is 9.59 Å². The third-order valence-corrected chi connectivity index (χ3v) is 5.59. The van der Waals surface area contributed by atoms with Crippen LogP contribution in [0.15, 0.2) is 41.5 Å². The zero-order valence-corrected chi connectivity index (χ0v) is 17.2. The maximum absolute atomic E-state index is 12.1. The molecule has 8 heteroatoms. The second-order valence-corrected chi connectivity index (χ2v) is 7.52. The number of fused-ring (bicyclic) bond motifs is 1. The Morgan fingerprint density at radius 1 is 1.20 bits per heavy atom. The van der Waals surface area contributed by atoms with Crippen molar-refractivity contribution in [3.63, 3.8) is 0 Å². The Labute approximate surface area is 174 Å². The van der Waals surface area contributed by atoms with Gasteiger partial charge in [-0.25, -0.2) is 4.98 Å². The highest BCUT2D eigenvalue weighted by Crippen LogP contribution is 2.22. The monoisotopic (exact) mass is 406 g/mol. The molecular formula is C22H26N6O2. The molecule has 0 bridgehead atoms. The number of piperidine rings is 1. The summed E-state index contributed by atoms with van der Waals surface area (Å²) in [5.74, 6) is -0.180. The first-order chi connectivity index (χ1) is 14.6. The molecule has 30 heavy (non-hydrogen) atoms. The molecule has 0 saturated carbocycles. The van der Waals surface area contributed by atoms with Gasteiger partial charge in [-0.3, -0.25) is 14.6 Å². The summed E-state index contributed by atoms with van der Waals surface area (Å²) in [4.78, 5) is 37.7. The zero-order chi connectivity index (χ0) is 21.1. The highest BCUT2D eigenvalue weighted by molar-refractivity contribution is 5.92. The lowest BCUT2D eigenvalue weighted by molar-refractivity contribution is 0.0958. The Morgan fingerprint density at radius 2 is 2.00 bits per heavy atom. The largest absolute Gasteiger partial charge is 0.381 e. The lowest BCUT2D eigenvalue weighted by Crippen LogP contribution is -2.39. The average Bonchev–Trinajstić information content (AvgIpc) is 2.78. The van der Waals surface area contributed by atoms with E-state index in [-0.39, 0.29) is 11.5 Å². The molecule has 4 heterocycles. The lowest BCUT2D eigenvalue weighted by Gasteiger charge is -2.34. The summed E-state index contributed by atoms with van der Waals surface area (Å²) in [6.45, 7) is 3.76. The number of hydrogen-bond donors (Lipinski definition) is 3. The predicted octanol–water partition coefficient (Wildman–Crippen LogP) is 2.32. The summed E-state index contributed by atoms with van der Waals surface area (Å²) < 4.78 is 0. The van der Waals surface area contributed by atoms with Crippen LogP contribution in [0, 0.1) is 0 Å². The molecule has 1 aliphatic rings. The second-order valence-electron chi connectivity index (χ2n) is 7.52. The van der Waals surface area contributed by atoms with Crippen molar-refractivity contribution in [3.8, 4) is 0 Å². The van der Waals surface area contributed by atoms with Gasteiger partial charge in [-0.05, 0) is 43.5 Å². The Hall–Kier alpha value is -3.42. The molecule has 0 spiro atoms. The summed E-state index contributed by atoms with van der Waals surface area (Å²) in [6.07, 6.45) is 6.22. The van der Waals surface area contributed by atoms with Crippen molar-refractivity contribution in [3.05, 3.63) is 58.3 Å². The van der Waals surface area contributed by atoms with Crippen LogP contribution < -0.4 is 21.1 Å². The van der Waals surface area contributed by atoms with Crippen LogP contribution in [0.3, 0.4) is 0 Å². The van der Waals surface area contributed by atoms with Gasteiger partial charge in [0.05, 0.1) is 34.8 Å². The van der Waals surface area contributed by atoms with E-state index in [4.69, 9.17) is 0 Å². The highest BCUT2D eigenvalue weighted by Gasteiger charge is 2.20. The maximum Gasteiger partial charge on any atom is 0.269 e. The van der Waals surface area contributed by atoms with Gasteiger partial charge in [0.25, 0.3) is 11.5 Å². The van der Waals surface area contributed by atoms with E-state index in [1.165, 1.54) is 0 Å². The number of aromatic amines is 1. The normalized spacial score (nSPS) is 14.7. The molecule has 0 aromatic carbocycles. The van der Waals surface area contributed by atoms with Crippen LogP contribution >= 0.6 is 0 Å². The summed E-state index contributed by atoms with van der Waals surface area (Å²) in [6, 6.07) is 7.85. The number of rotatable bonds is 5. The van der Waals surface area contributed by atoms with Crippen molar-refractivity contribution in [2.24, 2.45) is 0 Å². The zero-order valence-electron chi connectivity index (χ0n) is 17.2. The standard InChI is InChI=1S/C22H26N6O2/c1-3-14-10-19-20(27-21(14)29)11-16(12-24-19)26-15-6-8-28(9-7-15)17-4-5-18(25-13-17)22(30)23-2/h4-5,10-13,15,26H,3,6-9H2,1-2H3,(H,23,30)(H,27,29). The molecule has 1 amide bonds. The minimum absolute atomic E-state index is 0.0479. The van der Waals surface area contributed by atoms with Gasteiger partial charge in [0, 0.05) is 31.7 Å². The quantitative estimate of drug-likeness (QED) is 0.601. The first kappa shape index (κ1) is 19.9. The Kier molecular flexibility index (Phi) is 5.65. The molecule has 3 aromatic rings. The van der Waals surface area contributed by atoms with E-state index in [0.717, 1.165) is 53.9 Å². The van der Waals surface area contributed by atoms with Gasteiger partial charge in [-0.2, -0.15) is 0 Å². The number of aromatic nitrogens is 3. The van der Waals surface area contributed by atoms with Crippen molar-refractivity contribution >= 4 is 28.3 Å². The second kappa shape index (κ2) is 8.52. The minimum Gasteiger partial charge on any atom is -0.381 e. The van der Waals surface area contributed by atoms with E-state index in [1.807, 2.05) is 31.3 Å². The number of pyridine rings is 3. The van der Waals surface area contributed by atoms with Crippen LogP contribution in [0.25, 0.3) is 11.0 Å². The van der Waals surface area contributed by atoms with Crippen molar-refractivity contribution in [1.29, 1.82) is 0 Å². The van der Waals surface area contributed by atoms with E-state index < -0.39 is 0 Å². The van der Waals surface area contributed by atoms with Crippen LogP contribution in [0.5, 0.6) is 0 Å². The van der Waals surface area contributed by atoms with E-state index in [0.29, 0.717) is 18.2 Å². The van der Waals surface area contributed by atoms with Crippen molar-refractivity contribution < 1.29 is 4.79 Å². The van der Waals surface area contributed by atoms with Gasteiger partial charge in [-0.15, -0.1) is 0 Å². The molecule has 4 rings (SSSR count). The van der Waals surface area contributed by atoms with E-state index in [2.05, 4.69) is 30.5 Å². The van der Waals surface area contributed by atoms with Crippen LogP contribution in [0.2, 0.25) is 0 Å². The Morgan fingerprint density at radius 3 is 2.67 bits per heavy atom. The van der Waals surface area contributed by atoms with Crippen molar-refractivity contribution in [1.82, 2.24) is 20.3 Å². The molecule has 0 radical (unpaired) electrons. The summed E-state index contributed by atoms with van der Waals surface area (Å²) in [7, 11) is 1.60. The number of anilines is 2.